The van der Waals surface area contributed by atoms with Crippen LogP contribution in [0.3, 0.4) is 0 Å². The molecule has 0 bridgehead atoms. The molecule has 0 spiro atoms. The molecule has 0 saturated carbocycles. The van der Waals surface area contributed by atoms with Crippen LogP contribution in [-0.4, -0.2) is 37.9 Å². The molecule has 1 fully saturated rings. The molecule has 1 aromatic carbocycles. The standard InChI is InChI=1S/C12H15Cl2FN2O2S.ClH/c1-7-8(2)17(6-5-16-7)20(18,19)10-4-3-9(13)12(15)11(10)14;/h3-4,7-8,16H,5-6H2,1-2H3;1H. The molecule has 1 aliphatic rings. The van der Waals surface area contributed by atoms with Gasteiger partial charge < -0.3 is 5.32 Å². The maximum Gasteiger partial charge on any atom is 0.245 e. The van der Waals surface area contributed by atoms with Gasteiger partial charge in [-0.05, 0) is 26.0 Å². The first-order valence-corrected chi connectivity index (χ1v) is 8.35. The van der Waals surface area contributed by atoms with E-state index in [0.29, 0.717) is 13.1 Å². The van der Waals surface area contributed by atoms with Gasteiger partial charge in [0.2, 0.25) is 10.0 Å². The van der Waals surface area contributed by atoms with Gasteiger partial charge in [0, 0.05) is 25.2 Å². The highest BCUT2D eigenvalue weighted by Crippen LogP contribution is 2.32. The fourth-order valence-electron chi connectivity index (χ4n) is 2.20. The number of rotatable bonds is 2. The Hall–Kier alpha value is -0.110. The van der Waals surface area contributed by atoms with E-state index in [1.165, 1.54) is 16.4 Å². The van der Waals surface area contributed by atoms with Gasteiger partial charge in [0.1, 0.15) is 4.90 Å². The molecule has 0 radical (unpaired) electrons. The number of piperazine rings is 1. The van der Waals surface area contributed by atoms with Gasteiger partial charge in [-0.1, -0.05) is 23.2 Å². The first-order chi connectivity index (χ1) is 9.26. The molecule has 1 aromatic rings. The second-order valence-electron chi connectivity index (χ2n) is 4.77. The Kier molecular flexibility index (Phi) is 6.29. The molecular formula is C12H16Cl3FN2O2S. The second kappa shape index (κ2) is 6.98. The van der Waals surface area contributed by atoms with Gasteiger partial charge in [-0.25, -0.2) is 12.8 Å². The largest absolute Gasteiger partial charge is 0.311 e. The average Bonchev–Trinajstić information content (AvgIpc) is 2.38. The summed E-state index contributed by atoms with van der Waals surface area (Å²) in [6.45, 7) is 4.55. The van der Waals surface area contributed by atoms with E-state index in [0.717, 1.165) is 0 Å². The highest BCUT2D eigenvalue weighted by Gasteiger charge is 2.36. The molecule has 21 heavy (non-hydrogen) atoms. The molecule has 1 heterocycles. The zero-order valence-corrected chi connectivity index (χ0v) is 14.6. The Morgan fingerprint density at radius 3 is 2.57 bits per heavy atom. The number of nitrogens with one attached hydrogen (secondary N) is 1. The van der Waals surface area contributed by atoms with Crippen molar-refractivity contribution in [2.75, 3.05) is 13.1 Å². The SMILES string of the molecule is CC1NCCN(S(=O)(=O)c2ccc(Cl)c(F)c2Cl)C1C.Cl. The molecule has 2 unspecified atom stereocenters. The molecule has 2 atom stereocenters. The molecular weight excluding hydrogens is 362 g/mol. The van der Waals surface area contributed by atoms with Crippen molar-refractivity contribution in [3.05, 3.63) is 28.0 Å². The maximum absolute atomic E-state index is 13.7. The second-order valence-corrected chi connectivity index (χ2v) is 7.42. The molecule has 120 valence electrons. The molecule has 1 N–H and O–H groups in total. The van der Waals surface area contributed by atoms with Gasteiger partial charge in [0.25, 0.3) is 0 Å². The van der Waals surface area contributed by atoms with Crippen LogP contribution < -0.4 is 5.32 Å². The van der Waals surface area contributed by atoms with E-state index >= 15 is 0 Å². The summed E-state index contributed by atoms with van der Waals surface area (Å²) in [5, 5.41) is 2.53. The van der Waals surface area contributed by atoms with Crippen molar-refractivity contribution < 1.29 is 12.8 Å². The molecule has 9 heteroatoms. The summed E-state index contributed by atoms with van der Waals surface area (Å²) in [5.74, 6) is -0.912. The van der Waals surface area contributed by atoms with Gasteiger partial charge in [-0.2, -0.15) is 4.31 Å². The lowest BCUT2D eigenvalue weighted by molar-refractivity contribution is 0.233. The Labute approximate surface area is 140 Å². The van der Waals surface area contributed by atoms with Crippen molar-refractivity contribution in [2.24, 2.45) is 0 Å². The minimum Gasteiger partial charge on any atom is -0.311 e. The van der Waals surface area contributed by atoms with Crippen LogP contribution in [0.2, 0.25) is 10.0 Å². The highest BCUT2D eigenvalue weighted by molar-refractivity contribution is 7.89. The number of sulfonamides is 1. The zero-order chi connectivity index (χ0) is 15.1. The quantitative estimate of drug-likeness (QED) is 0.806. The normalized spacial score (nSPS) is 23.7. The number of hydrogen-bond donors (Lipinski definition) is 1. The number of hydrogen-bond acceptors (Lipinski definition) is 3. The third kappa shape index (κ3) is 3.46. The van der Waals surface area contributed by atoms with Crippen LogP contribution in [-0.2, 0) is 10.0 Å². The molecule has 2 rings (SSSR count). The first-order valence-electron chi connectivity index (χ1n) is 6.15. The van der Waals surface area contributed by atoms with E-state index < -0.39 is 20.9 Å². The van der Waals surface area contributed by atoms with Crippen LogP contribution in [0.1, 0.15) is 13.8 Å². The topological polar surface area (TPSA) is 49.4 Å². The van der Waals surface area contributed by atoms with Gasteiger partial charge in [0.15, 0.2) is 5.82 Å². The zero-order valence-electron chi connectivity index (χ0n) is 11.4. The van der Waals surface area contributed by atoms with Gasteiger partial charge in [0.05, 0.1) is 10.0 Å². The Bertz CT molecular complexity index is 627. The molecule has 0 aromatic heterocycles. The third-order valence-corrected chi connectivity index (χ3v) is 6.36. The lowest BCUT2D eigenvalue weighted by Crippen LogP contribution is -2.57. The lowest BCUT2D eigenvalue weighted by Gasteiger charge is -2.37. The summed E-state index contributed by atoms with van der Waals surface area (Å²) in [4.78, 5) is -0.248. The van der Waals surface area contributed by atoms with E-state index in [-0.39, 0.29) is 34.4 Å². The van der Waals surface area contributed by atoms with E-state index in [2.05, 4.69) is 5.32 Å². The first kappa shape index (κ1) is 18.9. The number of benzene rings is 1. The molecule has 0 aliphatic carbocycles. The third-order valence-electron chi connectivity index (χ3n) is 3.56. The number of nitrogens with zero attached hydrogens (tertiary/aromatic N) is 1. The molecule has 1 saturated heterocycles. The molecule has 0 amide bonds. The van der Waals surface area contributed by atoms with E-state index in [4.69, 9.17) is 23.2 Å². The molecule has 4 nitrogen and oxygen atoms in total. The summed E-state index contributed by atoms with van der Waals surface area (Å²) < 4.78 is 40.3. The monoisotopic (exact) mass is 376 g/mol. The minimum atomic E-state index is -3.85. The maximum atomic E-state index is 13.7. The predicted octanol–water partition coefficient (Wildman–Crippen LogP) is 2.93. The fourth-order valence-corrected chi connectivity index (χ4v) is 4.62. The van der Waals surface area contributed by atoms with Crippen LogP contribution in [0.15, 0.2) is 17.0 Å². The summed E-state index contributed by atoms with van der Waals surface area (Å²) in [5.41, 5.74) is 0. The van der Waals surface area contributed by atoms with Crippen molar-refractivity contribution in [2.45, 2.75) is 30.8 Å². The van der Waals surface area contributed by atoms with Crippen LogP contribution >= 0.6 is 35.6 Å². The Morgan fingerprint density at radius 2 is 1.95 bits per heavy atom. The highest BCUT2D eigenvalue weighted by atomic mass is 35.5. The summed E-state index contributed by atoms with van der Waals surface area (Å²) >= 11 is 11.4. The van der Waals surface area contributed by atoms with Crippen molar-refractivity contribution in [3.8, 4) is 0 Å². The Morgan fingerprint density at radius 1 is 1.33 bits per heavy atom. The van der Waals surface area contributed by atoms with Crippen molar-refractivity contribution in [3.63, 3.8) is 0 Å². The van der Waals surface area contributed by atoms with Gasteiger partial charge in [-0.3, -0.25) is 0 Å². The van der Waals surface area contributed by atoms with E-state index in [1.54, 1.807) is 6.92 Å². The van der Waals surface area contributed by atoms with Gasteiger partial charge in [-0.15, -0.1) is 12.4 Å². The summed E-state index contributed by atoms with van der Waals surface area (Å²) in [6, 6.07) is 2.20. The van der Waals surface area contributed by atoms with E-state index in [1.807, 2.05) is 6.92 Å². The minimum absolute atomic E-state index is 0. The summed E-state index contributed by atoms with van der Waals surface area (Å²) in [6.07, 6.45) is 0. The predicted molar refractivity (Wildman–Crippen MR) is 84.5 cm³/mol. The van der Waals surface area contributed by atoms with Gasteiger partial charge >= 0.3 is 0 Å². The van der Waals surface area contributed by atoms with Crippen LogP contribution in [0, 0.1) is 5.82 Å². The van der Waals surface area contributed by atoms with E-state index in [9.17, 15) is 12.8 Å². The average molecular weight is 378 g/mol. The van der Waals surface area contributed by atoms with Crippen LogP contribution in [0.5, 0.6) is 0 Å². The molecule has 1 aliphatic heterocycles. The Balaban J connectivity index is 0.00000220. The van der Waals surface area contributed by atoms with Crippen LogP contribution in [0.4, 0.5) is 4.39 Å². The van der Waals surface area contributed by atoms with Crippen LogP contribution in [0.25, 0.3) is 0 Å². The van der Waals surface area contributed by atoms with Crippen molar-refractivity contribution >= 4 is 45.6 Å². The van der Waals surface area contributed by atoms with Crippen molar-refractivity contribution in [1.82, 2.24) is 9.62 Å². The van der Waals surface area contributed by atoms with Crippen molar-refractivity contribution in [1.29, 1.82) is 0 Å². The fraction of sp³-hybridized carbons (Fsp3) is 0.500. The smallest absolute Gasteiger partial charge is 0.245 e. The lowest BCUT2D eigenvalue weighted by atomic mass is 10.1. The number of halogens is 4. The summed E-state index contributed by atoms with van der Waals surface area (Å²) in [7, 11) is -3.85.